The van der Waals surface area contributed by atoms with Crippen molar-refractivity contribution in [1.82, 2.24) is 19.6 Å². The summed E-state index contributed by atoms with van der Waals surface area (Å²) in [5, 5.41) is 0. The molecule has 3 rings (SSSR count). The molecule has 3 aliphatic rings. The molecule has 0 atom stereocenters. The summed E-state index contributed by atoms with van der Waals surface area (Å²) in [7, 11) is 0. The van der Waals surface area contributed by atoms with E-state index in [4.69, 9.17) is 0 Å². The summed E-state index contributed by atoms with van der Waals surface area (Å²) in [5.74, 6) is 0. The van der Waals surface area contributed by atoms with E-state index in [9.17, 15) is 0 Å². The molecule has 0 N–H and O–H groups in total. The Kier molecular flexibility index (Phi) is 1.79. The Bertz CT molecular complexity index is 221. The first-order chi connectivity index (χ1) is 6.90. The molecule has 4 bridgehead atoms. The van der Waals surface area contributed by atoms with Gasteiger partial charge in [-0.2, -0.15) is 0 Å². The van der Waals surface area contributed by atoms with Crippen LogP contribution in [0.1, 0.15) is 0 Å². The summed E-state index contributed by atoms with van der Waals surface area (Å²) in [6.07, 6.45) is 8.83. The van der Waals surface area contributed by atoms with Crippen LogP contribution >= 0.6 is 0 Å². The second kappa shape index (κ2) is 3.12. The van der Waals surface area contributed by atoms with E-state index in [1.807, 2.05) is 0 Å². The summed E-state index contributed by atoms with van der Waals surface area (Å²) < 4.78 is 0. The van der Waals surface area contributed by atoms with E-state index in [1.54, 1.807) is 0 Å². The highest BCUT2D eigenvalue weighted by atomic mass is 15.4. The fourth-order valence-corrected chi connectivity index (χ4v) is 2.13. The van der Waals surface area contributed by atoms with E-state index in [0.29, 0.717) is 0 Å². The maximum atomic E-state index is 2.38. The van der Waals surface area contributed by atoms with Gasteiger partial charge < -0.3 is 19.6 Å². The fourth-order valence-electron chi connectivity index (χ4n) is 2.13. The third-order valence-corrected chi connectivity index (χ3v) is 3.05. The maximum Gasteiger partial charge on any atom is 0.0895 e. The van der Waals surface area contributed by atoms with Crippen LogP contribution in [0.15, 0.2) is 24.8 Å². The first-order valence-electron chi connectivity index (χ1n) is 5.23. The van der Waals surface area contributed by atoms with Crippen LogP contribution in [0.5, 0.6) is 0 Å². The molecule has 0 aromatic carbocycles. The molecule has 0 aliphatic carbocycles. The third-order valence-electron chi connectivity index (χ3n) is 3.05. The lowest BCUT2D eigenvalue weighted by molar-refractivity contribution is 0.180. The lowest BCUT2D eigenvalue weighted by Gasteiger charge is -2.29. The number of fused-ring (bicyclic) bond motifs is 4. The third kappa shape index (κ3) is 1.41. The van der Waals surface area contributed by atoms with Crippen LogP contribution in [0.4, 0.5) is 0 Å². The van der Waals surface area contributed by atoms with E-state index in [0.717, 1.165) is 39.5 Å². The van der Waals surface area contributed by atoms with Crippen LogP contribution in [0, 0.1) is 0 Å². The highest BCUT2D eigenvalue weighted by molar-refractivity contribution is 4.96. The molecule has 3 heterocycles. The highest BCUT2D eigenvalue weighted by Gasteiger charge is 2.18. The predicted octanol–water partition coefficient (Wildman–Crippen LogP) is 0.0926. The smallest absolute Gasteiger partial charge is 0.0895 e. The van der Waals surface area contributed by atoms with Gasteiger partial charge in [-0.15, -0.1) is 0 Å². The van der Waals surface area contributed by atoms with Crippen LogP contribution in [-0.4, -0.2) is 59.1 Å². The Morgan fingerprint density at radius 1 is 0.500 bits per heavy atom. The van der Waals surface area contributed by atoms with E-state index < -0.39 is 0 Å². The number of hydrogen-bond acceptors (Lipinski definition) is 4. The number of nitrogens with zero attached hydrogens (tertiary/aromatic N) is 4. The van der Waals surface area contributed by atoms with Crippen molar-refractivity contribution >= 4 is 0 Å². The predicted molar refractivity (Wildman–Crippen MR) is 54.8 cm³/mol. The van der Waals surface area contributed by atoms with Crippen molar-refractivity contribution in [3.63, 3.8) is 0 Å². The second-order valence-electron chi connectivity index (χ2n) is 4.13. The Labute approximate surface area is 84.7 Å². The van der Waals surface area contributed by atoms with E-state index in [1.165, 1.54) is 0 Å². The summed E-state index contributed by atoms with van der Waals surface area (Å²) in [4.78, 5) is 9.51. The van der Waals surface area contributed by atoms with Gasteiger partial charge in [-0.3, -0.25) is 0 Å². The van der Waals surface area contributed by atoms with Crippen molar-refractivity contribution < 1.29 is 0 Å². The summed E-state index contributed by atoms with van der Waals surface area (Å²) in [6, 6.07) is 0. The summed E-state index contributed by atoms with van der Waals surface area (Å²) >= 11 is 0. The van der Waals surface area contributed by atoms with Gasteiger partial charge >= 0.3 is 0 Å². The Balaban J connectivity index is 1.72. The normalized spacial score (nSPS) is 25.1. The molecular weight excluding hydrogens is 176 g/mol. The SMILES string of the molecule is C1=CN2CCN3C=CN(CCN1C2)C3. The van der Waals surface area contributed by atoms with Crippen molar-refractivity contribution in [1.29, 1.82) is 0 Å². The Hall–Kier alpha value is -1.32. The zero-order valence-electron chi connectivity index (χ0n) is 8.34. The average molecular weight is 192 g/mol. The van der Waals surface area contributed by atoms with Gasteiger partial charge in [-0.25, -0.2) is 0 Å². The fraction of sp³-hybridized carbons (Fsp3) is 0.600. The Morgan fingerprint density at radius 3 is 1.07 bits per heavy atom. The first-order valence-corrected chi connectivity index (χ1v) is 5.23. The van der Waals surface area contributed by atoms with Gasteiger partial charge in [0.2, 0.25) is 0 Å². The zero-order chi connectivity index (χ0) is 9.38. The molecule has 0 aromatic rings. The minimum atomic E-state index is 1.07. The van der Waals surface area contributed by atoms with E-state index >= 15 is 0 Å². The molecular formula is C10H16N4. The van der Waals surface area contributed by atoms with Gasteiger partial charge in [-0.1, -0.05) is 0 Å². The monoisotopic (exact) mass is 192 g/mol. The van der Waals surface area contributed by atoms with Crippen LogP contribution in [0.3, 0.4) is 0 Å². The molecule has 1 fully saturated rings. The molecule has 0 saturated carbocycles. The van der Waals surface area contributed by atoms with Gasteiger partial charge in [0.15, 0.2) is 0 Å². The van der Waals surface area contributed by atoms with Gasteiger partial charge in [-0.05, 0) is 0 Å². The first kappa shape index (κ1) is 8.03. The molecule has 0 amide bonds. The molecule has 1 saturated heterocycles. The lowest BCUT2D eigenvalue weighted by Crippen LogP contribution is -2.39. The molecule has 4 nitrogen and oxygen atoms in total. The largest absolute Gasteiger partial charge is 0.357 e. The maximum absolute atomic E-state index is 2.38. The van der Waals surface area contributed by atoms with Crippen molar-refractivity contribution in [3.05, 3.63) is 24.8 Å². The molecule has 4 heteroatoms. The van der Waals surface area contributed by atoms with Crippen LogP contribution in [0.25, 0.3) is 0 Å². The number of hydrogen-bond donors (Lipinski definition) is 0. The van der Waals surface area contributed by atoms with Gasteiger partial charge in [0.1, 0.15) is 0 Å². The van der Waals surface area contributed by atoms with E-state index in [-0.39, 0.29) is 0 Å². The molecule has 14 heavy (non-hydrogen) atoms. The topological polar surface area (TPSA) is 13.0 Å². The zero-order valence-corrected chi connectivity index (χ0v) is 8.34. The van der Waals surface area contributed by atoms with E-state index in [2.05, 4.69) is 44.4 Å². The summed E-state index contributed by atoms with van der Waals surface area (Å²) in [5.41, 5.74) is 0. The molecule has 0 spiro atoms. The highest BCUT2D eigenvalue weighted by Crippen LogP contribution is 2.12. The Morgan fingerprint density at radius 2 is 0.786 bits per heavy atom. The van der Waals surface area contributed by atoms with Crippen molar-refractivity contribution in [2.75, 3.05) is 39.5 Å². The minimum Gasteiger partial charge on any atom is -0.357 e. The standard InChI is InChI=1S/C10H16N4/c1-2-12-7-8-14-4-3-13(10-14)6-5-11(1)9-12/h1-4H,5-10H2. The van der Waals surface area contributed by atoms with Crippen LogP contribution < -0.4 is 0 Å². The second-order valence-corrected chi connectivity index (χ2v) is 4.13. The molecule has 0 unspecified atom stereocenters. The number of rotatable bonds is 0. The summed E-state index contributed by atoms with van der Waals surface area (Å²) in [6.45, 7) is 6.66. The quantitative estimate of drug-likeness (QED) is 0.539. The van der Waals surface area contributed by atoms with Gasteiger partial charge in [0.05, 0.1) is 13.3 Å². The van der Waals surface area contributed by atoms with Crippen LogP contribution in [-0.2, 0) is 0 Å². The van der Waals surface area contributed by atoms with Crippen LogP contribution in [0.2, 0.25) is 0 Å². The minimum absolute atomic E-state index is 1.07. The van der Waals surface area contributed by atoms with Gasteiger partial charge in [0, 0.05) is 51.0 Å². The lowest BCUT2D eigenvalue weighted by atomic mass is 10.5. The molecule has 3 aliphatic heterocycles. The van der Waals surface area contributed by atoms with Crippen molar-refractivity contribution in [2.24, 2.45) is 0 Å². The van der Waals surface area contributed by atoms with Gasteiger partial charge in [0.25, 0.3) is 0 Å². The van der Waals surface area contributed by atoms with Crippen molar-refractivity contribution in [3.8, 4) is 0 Å². The molecule has 0 radical (unpaired) electrons. The average Bonchev–Trinajstić information content (AvgIpc) is 2.78. The molecule has 76 valence electrons. The van der Waals surface area contributed by atoms with Crippen molar-refractivity contribution in [2.45, 2.75) is 0 Å². The molecule has 0 aromatic heterocycles.